The van der Waals surface area contributed by atoms with Crippen molar-refractivity contribution >= 4 is 15.7 Å². The average Bonchev–Trinajstić information content (AvgIpc) is 2.46. The molecule has 0 aromatic heterocycles. The smallest absolute Gasteiger partial charge is 0.245 e. The highest BCUT2D eigenvalue weighted by atomic mass is 32.2. The lowest BCUT2D eigenvalue weighted by atomic mass is 9.93. The van der Waals surface area contributed by atoms with Gasteiger partial charge in [0, 0.05) is 13.1 Å². The van der Waals surface area contributed by atoms with Gasteiger partial charge in [0.1, 0.15) is 4.90 Å². The SMILES string of the molecule is CC(O)C1CCN(S(=O)(=O)c2ccc(C#N)cc2N)CC1. The van der Waals surface area contributed by atoms with E-state index in [0.717, 1.165) is 0 Å². The first-order valence-electron chi connectivity index (χ1n) is 6.84. The topological polar surface area (TPSA) is 107 Å². The number of anilines is 1. The number of sulfonamides is 1. The van der Waals surface area contributed by atoms with E-state index in [1.165, 1.54) is 22.5 Å². The van der Waals surface area contributed by atoms with E-state index in [1.807, 2.05) is 6.07 Å². The second-order valence-electron chi connectivity index (χ2n) is 5.35. The number of nitrogen functional groups attached to an aromatic ring is 1. The second kappa shape index (κ2) is 6.02. The van der Waals surface area contributed by atoms with E-state index in [0.29, 0.717) is 31.5 Å². The highest BCUT2D eigenvalue weighted by molar-refractivity contribution is 7.89. The molecule has 1 saturated heterocycles. The molecule has 1 aliphatic rings. The van der Waals surface area contributed by atoms with Gasteiger partial charge in [0.25, 0.3) is 0 Å². The summed E-state index contributed by atoms with van der Waals surface area (Å²) < 4.78 is 26.6. The predicted octanol–water partition coefficient (Wildman–Crippen LogP) is 0.922. The van der Waals surface area contributed by atoms with Crippen molar-refractivity contribution in [3.8, 4) is 6.07 Å². The number of hydrogen-bond donors (Lipinski definition) is 2. The monoisotopic (exact) mass is 309 g/mol. The van der Waals surface area contributed by atoms with Crippen molar-refractivity contribution in [1.29, 1.82) is 5.26 Å². The van der Waals surface area contributed by atoms with Crippen LogP contribution in [0.1, 0.15) is 25.3 Å². The molecule has 1 heterocycles. The number of hydrogen-bond acceptors (Lipinski definition) is 5. The van der Waals surface area contributed by atoms with Gasteiger partial charge in [-0.15, -0.1) is 0 Å². The number of aliphatic hydroxyl groups excluding tert-OH is 1. The van der Waals surface area contributed by atoms with Crippen LogP contribution in [0.5, 0.6) is 0 Å². The third kappa shape index (κ3) is 3.18. The number of rotatable bonds is 3. The quantitative estimate of drug-likeness (QED) is 0.807. The van der Waals surface area contributed by atoms with Crippen molar-refractivity contribution < 1.29 is 13.5 Å². The maximum atomic E-state index is 12.6. The minimum atomic E-state index is -3.65. The minimum Gasteiger partial charge on any atom is -0.398 e. The Morgan fingerprint density at radius 1 is 1.43 bits per heavy atom. The third-order valence-electron chi connectivity index (χ3n) is 3.94. The summed E-state index contributed by atoms with van der Waals surface area (Å²) in [6.45, 7) is 2.47. The highest BCUT2D eigenvalue weighted by Crippen LogP contribution is 2.28. The Hall–Kier alpha value is -1.62. The molecule has 1 aliphatic heterocycles. The normalized spacial score (nSPS) is 19.1. The van der Waals surface area contributed by atoms with Crippen molar-refractivity contribution in [1.82, 2.24) is 4.31 Å². The number of piperidine rings is 1. The fraction of sp³-hybridized carbons (Fsp3) is 0.500. The van der Waals surface area contributed by atoms with Crippen LogP contribution in [0.4, 0.5) is 5.69 Å². The molecule has 114 valence electrons. The molecular formula is C14H19N3O3S. The first-order chi connectivity index (χ1) is 9.86. The van der Waals surface area contributed by atoms with E-state index in [1.54, 1.807) is 6.92 Å². The van der Waals surface area contributed by atoms with Gasteiger partial charge in [0.2, 0.25) is 10.0 Å². The van der Waals surface area contributed by atoms with Crippen molar-refractivity contribution in [2.75, 3.05) is 18.8 Å². The summed E-state index contributed by atoms with van der Waals surface area (Å²) in [6.07, 6.45) is 0.843. The molecule has 6 nitrogen and oxygen atoms in total. The zero-order valence-electron chi connectivity index (χ0n) is 11.9. The lowest BCUT2D eigenvalue weighted by Crippen LogP contribution is -2.40. The van der Waals surface area contributed by atoms with Gasteiger partial charge in [-0.1, -0.05) is 0 Å². The number of nitrogens with zero attached hydrogens (tertiary/aromatic N) is 2. The van der Waals surface area contributed by atoms with E-state index in [-0.39, 0.29) is 16.5 Å². The molecule has 0 bridgehead atoms. The van der Waals surface area contributed by atoms with Gasteiger partial charge < -0.3 is 10.8 Å². The van der Waals surface area contributed by atoms with Gasteiger partial charge in [-0.05, 0) is 43.9 Å². The summed E-state index contributed by atoms with van der Waals surface area (Å²) >= 11 is 0. The van der Waals surface area contributed by atoms with Crippen LogP contribution in [0.2, 0.25) is 0 Å². The van der Waals surface area contributed by atoms with Crippen molar-refractivity contribution in [2.45, 2.75) is 30.8 Å². The number of nitrogens with two attached hydrogens (primary N) is 1. The molecule has 0 radical (unpaired) electrons. The molecule has 2 rings (SSSR count). The molecular weight excluding hydrogens is 290 g/mol. The van der Waals surface area contributed by atoms with Gasteiger partial charge >= 0.3 is 0 Å². The van der Waals surface area contributed by atoms with Crippen LogP contribution in [0, 0.1) is 17.2 Å². The van der Waals surface area contributed by atoms with Crippen molar-refractivity contribution in [3.05, 3.63) is 23.8 Å². The van der Waals surface area contributed by atoms with Gasteiger partial charge in [0.15, 0.2) is 0 Å². The first-order valence-corrected chi connectivity index (χ1v) is 8.28. The fourth-order valence-corrected chi connectivity index (χ4v) is 4.16. The van der Waals surface area contributed by atoms with Crippen molar-refractivity contribution in [2.24, 2.45) is 5.92 Å². The molecule has 3 N–H and O–H groups in total. The van der Waals surface area contributed by atoms with E-state index < -0.39 is 16.1 Å². The molecule has 1 atom stereocenters. The van der Waals surface area contributed by atoms with Crippen LogP contribution in [0.15, 0.2) is 23.1 Å². The van der Waals surface area contributed by atoms with Crippen LogP contribution in [0.25, 0.3) is 0 Å². The summed E-state index contributed by atoms with van der Waals surface area (Å²) in [5.74, 6) is 0.134. The lowest BCUT2D eigenvalue weighted by molar-refractivity contribution is 0.0912. The zero-order chi connectivity index (χ0) is 15.6. The van der Waals surface area contributed by atoms with E-state index in [4.69, 9.17) is 11.0 Å². The van der Waals surface area contributed by atoms with Crippen LogP contribution in [-0.2, 0) is 10.0 Å². The summed E-state index contributed by atoms with van der Waals surface area (Å²) in [7, 11) is -3.65. The van der Waals surface area contributed by atoms with Crippen LogP contribution in [0.3, 0.4) is 0 Å². The zero-order valence-corrected chi connectivity index (χ0v) is 12.7. The van der Waals surface area contributed by atoms with Crippen LogP contribution < -0.4 is 5.73 Å². The fourth-order valence-electron chi connectivity index (χ4n) is 2.59. The highest BCUT2D eigenvalue weighted by Gasteiger charge is 2.31. The maximum Gasteiger partial charge on any atom is 0.245 e. The van der Waals surface area contributed by atoms with E-state index >= 15 is 0 Å². The standard InChI is InChI=1S/C14H19N3O3S/c1-10(18)12-4-6-17(7-5-12)21(19,20)14-3-2-11(9-15)8-13(14)16/h2-3,8,10,12,18H,4-7,16H2,1H3. The molecule has 1 aromatic rings. The van der Waals surface area contributed by atoms with E-state index in [9.17, 15) is 13.5 Å². The number of aliphatic hydroxyl groups is 1. The number of benzene rings is 1. The predicted molar refractivity (Wildman–Crippen MR) is 78.7 cm³/mol. The molecule has 1 unspecified atom stereocenters. The Morgan fingerprint density at radius 3 is 2.52 bits per heavy atom. The minimum absolute atomic E-state index is 0.0389. The molecule has 21 heavy (non-hydrogen) atoms. The van der Waals surface area contributed by atoms with Gasteiger partial charge in [-0.3, -0.25) is 0 Å². The molecule has 0 spiro atoms. The second-order valence-corrected chi connectivity index (χ2v) is 7.25. The van der Waals surface area contributed by atoms with E-state index in [2.05, 4.69) is 0 Å². The Kier molecular flexibility index (Phi) is 4.52. The lowest BCUT2D eigenvalue weighted by Gasteiger charge is -2.32. The van der Waals surface area contributed by atoms with Crippen molar-refractivity contribution in [3.63, 3.8) is 0 Å². The van der Waals surface area contributed by atoms with Gasteiger partial charge in [0.05, 0.1) is 23.4 Å². The summed E-state index contributed by atoms with van der Waals surface area (Å²) in [5.41, 5.74) is 6.19. The first kappa shape index (κ1) is 15.8. The Morgan fingerprint density at radius 2 is 2.05 bits per heavy atom. The molecule has 1 aromatic carbocycles. The number of nitriles is 1. The molecule has 1 fully saturated rings. The van der Waals surface area contributed by atoms with Crippen LogP contribution >= 0.6 is 0 Å². The Bertz CT molecular complexity index is 657. The van der Waals surface area contributed by atoms with Gasteiger partial charge in [-0.2, -0.15) is 9.57 Å². The maximum absolute atomic E-state index is 12.6. The average molecular weight is 309 g/mol. The summed E-state index contributed by atoms with van der Waals surface area (Å²) in [5, 5.41) is 18.4. The summed E-state index contributed by atoms with van der Waals surface area (Å²) in [4.78, 5) is 0.0389. The summed E-state index contributed by atoms with van der Waals surface area (Å²) in [6, 6.07) is 6.13. The molecule has 7 heteroatoms. The largest absolute Gasteiger partial charge is 0.398 e. The third-order valence-corrected chi connectivity index (χ3v) is 5.91. The van der Waals surface area contributed by atoms with Crippen LogP contribution in [-0.4, -0.2) is 37.0 Å². The molecule has 0 amide bonds. The molecule has 0 saturated carbocycles. The molecule has 0 aliphatic carbocycles. The Balaban J connectivity index is 2.22. The van der Waals surface area contributed by atoms with Gasteiger partial charge in [-0.25, -0.2) is 8.42 Å². The Labute approximate surface area is 124 Å².